The van der Waals surface area contributed by atoms with Crippen LogP contribution in [0.25, 0.3) is 0 Å². The maximum absolute atomic E-state index is 13.4. The fourth-order valence-electron chi connectivity index (χ4n) is 1.95. The molecule has 0 aliphatic carbocycles. The number of hydrogen-bond donors (Lipinski definition) is 1. The summed E-state index contributed by atoms with van der Waals surface area (Å²) in [6.07, 6.45) is 2.21. The Morgan fingerprint density at radius 3 is 2.68 bits per heavy atom. The number of aliphatic hydroxyl groups excluding tert-OH is 1. The average Bonchev–Trinajstić information content (AvgIpc) is 2.37. The van der Waals surface area contributed by atoms with Crippen molar-refractivity contribution in [2.75, 3.05) is 6.61 Å². The summed E-state index contributed by atoms with van der Waals surface area (Å²) >= 11 is 0. The molecule has 0 aliphatic heterocycles. The van der Waals surface area contributed by atoms with Crippen LogP contribution in [0.4, 0.5) is 4.39 Å². The molecule has 100 valence electrons. The maximum atomic E-state index is 13.4. The van der Waals surface area contributed by atoms with Gasteiger partial charge in [0.05, 0.1) is 12.8 Å². The van der Waals surface area contributed by atoms with Crippen molar-refractivity contribution in [3.63, 3.8) is 0 Å². The Bertz CT molecular complexity index is 552. The highest BCUT2D eigenvalue weighted by Gasteiger charge is 2.13. The lowest BCUT2D eigenvalue weighted by molar-refractivity contribution is 0.218. The molecule has 19 heavy (non-hydrogen) atoms. The average molecular weight is 261 g/mol. The fraction of sp³-hybridized carbons (Fsp3) is 0.267. The topological polar surface area (TPSA) is 42.4 Å². The van der Waals surface area contributed by atoms with Crippen LogP contribution in [-0.4, -0.2) is 16.7 Å². The fourth-order valence-corrected chi connectivity index (χ4v) is 1.95. The van der Waals surface area contributed by atoms with Crippen LogP contribution >= 0.6 is 0 Å². The van der Waals surface area contributed by atoms with Gasteiger partial charge in [-0.1, -0.05) is 6.07 Å². The summed E-state index contributed by atoms with van der Waals surface area (Å²) in [6.45, 7) is 4.19. The van der Waals surface area contributed by atoms with Crippen molar-refractivity contribution < 1.29 is 14.2 Å². The van der Waals surface area contributed by atoms with Crippen LogP contribution in [0.1, 0.15) is 29.7 Å². The van der Waals surface area contributed by atoms with E-state index in [2.05, 4.69) is 4.98 Å². The first kappa shape index (κ1) is 13.5. The van der Waals surface area contributed by atoms with Crippen LogP contribution in [-0.2, 0) is 0 Å². The lowest BCUT2D eigenvalue weighted by Gasteiger charge is -2.13. The van der Waals surface area contributed by atoms with Gasteiger partial charge in [-0.3, -0.25) is 4.98 Å². The van der Waals surface area contributed by atoms with E-state index in [9.17, 15) is 9.50 Å². The van der Waals surface area contributed by atoms with Gasteiger partial charge in [-0.15, -0.1) is 0 Å². The predicted octanol–water partition coefficient (Wildman–Crippen LogP) is 3.01. The number of halogens is 1. The molecule has 0 saturated heterocycles. The number of benzene rings is 1. The second-order valence-corrected chi connectivity index (χ2v) is 4.35. The quantitative estimate of drug-likeness (QED) is 0.920. The van der Waals surface area contributed by atoms with Gasteiger partial charge in [0.1, 0.15) is 17.7 Å². The first-order valence-electron chi connectivity index (χ1n) is 6.13. The van der Waals surface area contributed by atoms with Crippen molar-refractivity contribution in [3.05, 3.63) is 59.2 Å². The van der Waals surface area contributed by atoms with Crippen molar-refractivity contribution in [2.45, 2.75) is 20.0 Å². The molecule has 0 spiro atoms. The lowest BCUT2D eigenvalue weighted by Crippen LogP contribution is -2.02. The minimum atomic E-state index is -0.915. The third-order valence-corrected chi connectivity index (χ3v) is 2.74. The molecule has 3 nitrogen and oxygen atoms in total. The van der Waals surface area contributed by atoms with Gasteiger partial charge < -0.3 is 9.84 Å². The van der Waals surface area contributed by atoms with E-state index in [-0.39, 0.29) is 5.82 Å². The normalized spacial score (nSPS) is 12.2. The Morgan fingerprint density at radius 1 is 1.21 bits per heavy atom. The molecule has 0 amide bonds. The van der Waals surface area contributed by atoms with Crippen molar-refractivity contribution in [2.24, 2.45) is 0 Å². The number of nitrogens with zero attached hydrogens (tertiary/aromatic N) is 1. The molecule has 0 saturated carbocycles. The van der Waals surface area contributed by atoms with E-state index < -0.39 is 6.10 Å². The lowest BCUT2D eigenvalue weighted by atomic mass is 10.0. The van der Waals surface area contributed by atoms with Gasteiger partial charge in [0.2, 0.25) is 0 Å². The van der Waals surface area contributed by atoms with Crippen molar-refractivity contribution in [1.29, 1.82) is 0 Å². The van der Waals surface area contributed by atoms with Gasteiger partial charge in [-0.05, 0) is 43.2 Å². The molecule has 2 aromatic rings. The molecule has 4 heteroatoms. The van der Waals surface area contributed by atoms with Gasteiger partial charge in [-0.25, -0.2) is 4.39 Å². The van der Waals surface area contributed by atoms with E-state index in [0.29, 0.717) is 23.5 Å². The van der Waals surface area contributed by atoms with Crippen LogP contribution < -0.4 is 4.74 Å². The highest BCUT2D eigenvalue weighted by atomic mass is 19.1. The van der Waals surface area contributed by atoms with Crippen molar-refractivity contribution in [1.82, 2.24) is 4.98 Å². The van der Waals surface area contributed by atoms with Crippen molar-refractivity contribution >= 4 is 0 Å². The highest BCUT2D eigenvalue weighted by molar-refractivity contribution is 5.34. The number of rotatable bonds is 4. The van der Waals surface area contributed by atoms with Gasteiger partial charge in [-0.2, -0.15) is 0 Å². The molecular formula is C15H16FNO2. The molecule has 1 aromatic heterocycles. The van der Waals surface area contributed by atoms with E-state index in [1.165, 1.54) is 12.1 Å². The number of aryl methyl sites for hydroxylation is 1. The van der Waals surface area contributed by atoms with Gasteiger partial charge in [0, 0.05) is 11.8 Å². The molecule has 0 fully saturated rings. The van der Waals surface area contributed by atoms with Crippen LogP contribution in [0.15, 0.2) is 36.7 Å². The van der Waals surface area contributed by atoms with E-state index >= 15 is 0 Å². The first-order chi connectivity index (χ1) is 9.10. The van der Waals surface area contributed by atoms with E-state index in [1.54, 1.807) is 31.5 Å². The second-order valence-electron chi connectivity index (χ2n) is 4.35. The zero-order chi connectivity index (χ0) is 13.8. The van der Waals surface area contributed by atoms with Crippen molar-refractivity contribution in [3.8, 4) is 5.75 Å². The SMILES string of the molecule is CCOc1cncc(C(O)c2cc(C)cc(F)c2)c1. The smallest absolute Gasteiger partial charge is 0.137 e. The summed E-state index contributed by atoms with van der Waals surface area (Å²) in [5.41, 5.74) is 1.85. The molecule has 1 N–H and O–H groups in total. The number of hydrogen-bond acceptors (Lipinski definition) is 3. The molecule has 1 unspecified atom stereocenters. The Balaban J connectivity index is 2.32. The summed E-state index contributed by atoms with van der Waals surface area (Å²) in [7, 11) is 0. The van der Waals surface area contributed by atoms with Gasteiger partial charge >= 0.3 is 0 Å². The molecule has 2 rings (SSSR count). The largest absolute Gasteiger partial charge is 0.492 e. The molecule has 0 aliphatic rings. The van der Waals surface area contributed by atoms with E-state index in [1.807, 2.05) is 6.92 Å². The Morgan fingerprint density at radius 2 is 2.00 bits per heavy atom. The number of ether oxygens (including phenoxy) is 1. The number of aliphatic hydroxyl groups is 1. The van der Waals surface area contributed by atoms with Crippen LogP contribution in [0.5, 0.6) is 5.75 Å². The standard InChI is InChI=1S/C15H16FNO2/c1-3-19-14-7-12(8-17-9-14)15(18)11-4-10(2)5-13(16)6-11/h4-9,15,18H,3H2,1-2H3. The van der Waals surface area contributed by atoms with Gasteiger partial charge in [0.15, 0.2) is 0 Å². The molecule has 1 atom stereocenters. The number of aromatic nitrogens is 1. The minimum Gasteiger partial charge on any atom is -0.492 e. The zero-order valence-corrected chi connectivity index (χ0v) is 10.9. The Labute approximate surface area is 111 Å². The molecule has 0 bridgehead atoms. The zero-order valence-electron chi connectivity index (χ0n) is 10.9. The summed E-state index contributed by atoms with van der Waals surface area (Å²) < 4.78 is 18.7. The van der Waals surface area contributed by atoms with Gasteiger partial charge in [0.25, 0.3) is 0 Å². The minimum absolute atomic E-state index is 0.358. The molecular weight excluding hydrogens is 245 g/mol. The second kappa shape index (κ2) is 5.80. The third kappa shape index (κ3) is 3.29. The molecule has 0 radical (unpaired) electrons. The van der Waals surface area contributed by atoms with E-state index in [4.69, 9.17) is 4.74 Å². The molecule has 1 heterocycles. The highest BCUT2D eigenvalue weighted by Crippen LogP contribution is 2.25. The summed E-state index contributed by atoms with van der Waals surface area (Å²) in [6, 6.07) is 6.21. The number of pyridine rings is 1. The van der Waals surface area contributed by atoms with Crippen LogP contribution in [0.3, 0.4) is 0 Å². The monoisotopic (exact) mass is 261 g/mol. The predicted molar refractivity (Wildman–Crippen MR) is 70.6 cm³/mol. The first-order valence-corrected chi connectivity index (χ1v) is 6.13. The summed E-state index contributed by atoms with van der Waals surface area (Å²) in [5.74, 6) is 0.232. The Hall–Kier alpha value is -1.94. The van der Waals surface area contributed by atoms with Crippen LogP contribution in [0, 0.1) is 12.7 Å². The van der Waals surface area contributed by atoms with E-state index in [0.717, 1.165) is 5.56 Å². The maximum Gasteiger partial charge on any atom is 0.137 e. The third-order valence-electron chi connectivity index (χ3n) is 2.74. The summed E-state index contributed by atoms with van der Waals surface area (Å²) in [4.78, 5) is 4.02. The Kier molecular flexibility index (Phi) is 4.12. The molecule has 1 aromatic carbocycles. The summed E-state index contributed by atoms with van der Waals surface area (Å²) in [5, 5.41) is 10.3. The van der Waals surface area contributed by atoms with Crippen LogP contribution in [0.2, 0.25) is 0 Å².